The minimum atomic E-state index is -0.738. The Balaban J connectivity index is 2.74. The van der Waals surface area contributed by atoms with Crippen LogP contribution in [0.5, 0.6) is 0 Å². The van der Waals surface area contributed by atoms with E-state index in [1.807, 2.05) is 6.07 Å². The summed E-state index contributed by atoms with van der Waals surface area (Å²) in [7, 11) is 1.36. The van der Waals surface area contributed by atoms with E-state index in [1.165, 1.54) is 18.4 Å². The summed E-state index contributed by atoms with van der Waals surface area (Å²) in [5.74, 6) is -0.322. The second-order valence-electron chi connectivity index (χ2n) is 3.75. The number of carbonyl (C=O) groups is 1. The van der Waals surface area contributed by atoms with Crippen molar-refractivity contribution in [1.29, 1.82) is 0 Å². The first-order valence-corrected chi connectivity index (χ1v) is 5.13. The third-order valence-electron chi connectivity index (χ3n) is 1.66. The lowest BCUT2D eigenvalue weighted by molar-refractivity contribution is 0.0606. The van der Waals surface area contributed by atoms with Gasteiger partial charge in [-0.15, -0.1) is 11.3 Å². The first-order valence-electron chi connectivity index (χ1n) is 4.32. The van der Waals surface area contributed by atoms with Gasteiger partial charge < -0.3 is 9.84 Å². The maximum atomic E-state index is 11.1. The van der Waals surface area contributed by atoms with Crippen molar-refractivity contribution < 1.29 is 14.6 Å². The molecule has 0 aromatic carbocycles. The highest BCUT2D eigenvalue weighted by molar-refractivity contribution is 7.13. The maximum Gasteiger partial charge on any atom is 0.348 e. The molecule has 3 nitrogen and oxygen atoms in total. The second-order valence-corrected chi connectivity index (χ2v) is 4.92. The third kappa shape index (κ3) is 3.12. The summed E-state index contributed by atoms with van der Waals surface area (Å²) < 4.78 is 4.59. The minimum Gasteiger partial charge on any atom is -0.465 e. The Kier molecular flexibility index (Phi) is 3.29. The molecule has 0 radical (unpaired) electrons. The Labute approximate surface area is 87.3 Å². The van der Waals surface area contributed by atoms with Crippen LogP contribution in [0.4, 0.5) is 0 Å². The first kappa shape index (κ1) is 11.2. The van der Waals surface area contributed by atoms with Crippen molar-refractivity contribution >= 4 is 17.3 Å². The normalized spacial score (nSPS) is 11.4. The van der Waals surface area contributed by atoms with Crippen LogP contribution in [-0.4, -0.2) is 23.8 Å². The maximum absolute atomic E-state index is 11.1. The molecule has 0 aliphatic rings. The third-order valence-corrected chi connectivity index (χ3v) is 2.72. The molecule has 0 fully saturated rings. The lowest BCUT2D eigenvalue weighted by Crippen LogP contribution is -2.21. The van der Waals surface area contributed by atoms with Gasteiger partial charge >= 0.3 is 5.97 Å². The Morgan fingerprint density at radius 2 is 2.21 bits per heavy atom. The fourth-order valence-electron chi connectivity index (χ4n) is 1.11. The Bertz CT molecular complexity index is 322. The van der Waals surface area contributed by atoms with Crippen LogP contribution < -0.4 is 0 Å². The smallest absolute Gasteiger partial charge is 0.348 e. The summed E-state index contributed by atoms with van der Waals surface area (Å²) in [6.07, 6.45) is 0.550. The molecule has 4 heteroatoms. The quantitative estimate of drug-likeness (QED) is 0.781. The molecular weight excluding hydrogens is 200 g/mol. The lowest BCUT2D eigenvalue weighted by atomic mass is 10.1. The van der Waals surface area contributed by atoms with Crippen molar-refractivity contribution in [3.05, 3.63) is 21.9 Å². The Morgan fingerprint density at radius 3 is 2.71 bits per heavy atom. The minimum absolute atomic E-state index is 0.322. The van der Waals surface area contributed by atoms with Gasteiger partial charge in [-0.3, -0.25) is 0 Å². The molecule has 1 heterocycles. The number of carbonyl (C=O) groups excluding carboxylic acids is 1. The van der Waals surface area contributed by atoms with E-state index in [1.54, 1.807) is 19.9 Å². The largest absolute Gasteiger partial charge is 0.465 e. The highest BCUT2D eigenvalue weighted by Crippen LogP contribution is 2.21. The second kappa shape index (κ2) is 4.11. The van der Waals surface area contributed by atoms with Gasteiger partial charge in [-0.1, -0.05) is 0 Å². The van der Waals surface area contributed by atoms with Crippen molar-refractivity contribution in [2.45, 2.75) is 25.9 Å². The van der Waals surface area contributed by atoms with Crippen molar-refractivity contribution in [2.24, 2.45) is 0 Å². The van der Waals surface area contributed by atoms with Gasteiger partial charge in [0.05, 0.1) is 12.7 Å². The van der Waals surface area contributed by atoms with Crippen LogP contribution in [0, 0.1) is 0 Å². The molecule has 1 aromatic rings. The number of aliphatic hydroxyl groups is 1. The molecule has 0 bridgehead atoms. The molecule has 0 saturated carbocycles. The molecule has 78 valence electrons. The van der Waals surface area contributed by atoms with E-state index in [2.05, 4.69) is 4.74 Å². The molecule has 0 amide bonds. The number of rotatable bonds is 3. The van der Waals surface area contributed by atoms with Crippen molar-refractivity contribution in [3.8, 4) is 0 Å². The monoisotopic (exact) mass is 214 g/mol. The van der Waals surface area contributed by atoms with Gasteiger partial charge in [0, 0.05) is 11.3 Å². The number of ether oxygens (including phenoxy) is 1. The average molecular weight is 214 g/mol. The van der Waals surface area contributed by atoms with Crippen LogP contribution in [-0.2, 0) is 11.2 Å². The molecule has 1 N–H and O–H groups in total. The molecule has 0 aliphatic heterocycles. The van der Waals surface area contributed by atoms with Crippen LogP contribution in [0.25, 0.3) is 0 Å². The fourth-order valence-corrected chi connectivity index (χ4v) is 2.26. The molecule has 0 spiro atoms. The highest BCUT2D eigenvalue weighted by atomic mass is 32.1. The van der Waals surface area contributed by atoms with Crippen molar-refractivity contribution in [3.63, 3.8) is 0 Å². The van der Waals surface area contributed by atoms with Crippen LogP contribution >= 0.6 is 11.3 Å². The number of hydrogen-bond donors (Lipinski definition) is 1. The van der Waals surface area contributed by atoms with Gasteiger partial charge in [0.15, 0.2) is 0 Å². The van der Waals surface area contributed by atoms with E-state index in [9.17, 15) is 9.90 Å². The molecule has 0 unspecified atom stereocenters. The van der Waals surface area contributed by atoms with Gasteiger partial charge in [-0.05, 0) is 26.0 Å². The van der Waals surface area contributed by atoms with E-state index < -0.39 is 5.60 Å². The Hall–Kier alpha value is -0.870. The zero-order valence-corrected chi connectivity index (χ0v) is 9.35. The first-order chi connectivity index (χ1) is 6.42. The molecule has 0 aliphatic carbocycles. The van der Waals surface area contributed by atoms with Gasteiger partial charge in [0.2, 0.25) is 0 Å². The van der Waals surface area contributed by atoms with Crippen LogP contribution in [0.1, 0.15) is 28.4 Å². The number of thiophene rings is 1. The predicted molar refractivity (Wildman–Crippen MR) is 55.7 cm³/mol. The van der Waals surface area contributed by atoms with Gasteiger partial charge in [0.1, 0.15) is 4.88 Å². The number of esters is 1. The average Bonchev–Trinajstić information content (AvgIpc) is 2.48. The summed E-state index contributed by atoms with van der Waals surface area (Å²) in [4.78, 5) is 12.7. The lowest BCUT2D eigenvalue weighted by Gasteiger charge is -2.14. The highest BCUT2D eigenvalue weighted by Gasteiger charge is 2.16. The molecule has 0 atom stereocenters. The summed E-state index contributed by atoms with van der Waals surface area (Å²) in [5, 5.41) is 9.57. The molecule has 14 heavy (non-hydrogen) atoms. The van der Waals surface area contributed by atoms with Crippen molar-refractivity contribution in [1.82, 2.24) is 0 Å². The van der Waals surface area contributed by atoms with E-state index in [0.29, 0.717) is 11.3 Å². The van der Waals surface area contributed by atoms with E-state index in [0.717, 1.165) is 4.88 Å². The summed E-state index contributed by atoms with van der Waals surface area (Å²) in [5.41, 5.74) is -0.738. The van der Waals surface area contributed by atoms with Crippen LogP contribution in [0.3, 0.4) is 0 Å². The van der Waals surface area contributed by atoms with E-state index in [4.69, 9.17) is 0 Å². The molecule has 1 rings (SSSR count). The Morgan fingerprint density at radius 1 is 1.57 bits per heavy atom. The van der Waals surface area contributed by atoms with Gasteiger partial charge in [-0.2, -0.15) is 0 Å². The number of methoxy groups -OCH3 is 1. The van der Waals surface area contributed by atoms with Crippen LogP contribution in [0.2, 0.25) is 0 Å². The molecular formula is C10H14O3S. The topological polar surface area (TPSA) is 46.5 Å². The number of hydrogen-bond acceptors (Lipinski definition) is 4. The SMILES string of the molecule is COC(=O)c1ccc(CC(C)(C)O)s1. The van der Waals surface area contributed by atoms with E-state index >= 15 is 0 Å². The standard InChI is InChI=1S/C10H14O3S/c1-10(2,12)6-7-4-5-8(14-7)9(11)13-3/h4-5,12H,6H2,1-3H3. The van der Waals surface area contributed by atoms with E-state index in [-0.39, 0.29) is 5.97 Å². The van der Waals surface area contributed by atoms with Gasteiger partial charge in [0.25, 0.3) is 0 Å². The summed E-state index contributed by atoms with van der Waals surface area (Å²) >= 11 is 1.36. The zero-order valence-electron chi connectivity index (χ0n) is 8.53. The fraction of sp³-hybridized carbons (Fsp3) is 0.500. The van der Waals surface area contributed by atoms with Gasteiger partial charge in [-0.25, -0.2) is 4.79 Å². The van der Waals surface area contributed by atoms with Crippen LogP contribution in [0.15, 0.2) is 12.1 Å². The molecule has 1 aromatic heterocycles. The summed E-state index contributed by atoms with van der Waals surface area (Å²) in [6, 6.07) is 3.56. The zero-order chi connectivity index (χ0) is 10.8. The summed E-state index contributed by atoms with van der Waals surface area (Å²) in [6.45, 7) is 3.48. The molecule has 0 saturated heterocycles. The van der Waals surface area contributed by atoms with Crippen molar-refractivity contribution in [2.75, 3.05) is 7.11 Å². The predicted octanol–water partition coefficient (Wildman–Crippen LogP) is 1.85.